The molecule has 7 heteroatoms. The van der Waals surface area contributed by atoms with Crippen molar-refractivity contribution in [2.75, 3.05) is 6.61 Å². The molecule has 2 N–H and O–H groups in total. The molecule has 0 saturated carbocycles. The highest BCUT2D eigenvalue weighted by molar-refractivity contribution is 6.46. The number of amides is 1. The van der Waals surface area contributed by atoms with E-state index in [0.717, 1.165) is 22.2 Å². The summed E-state index contributed by atoms with van der Waals surface area (Å²) < 4.78 is 19.4. The molecule has 2 heterocycles. The van der Waals surface area contributed by atoms with Crippen LogP contribution in [0.4, 0.5) is 4.39 Å². The minimum atomic E-state index is -0.851. The van der Waals surface area contributed by atoms with Crippen molar-refractivity contribution in [2.45, 2.75) is 33.4 Å². The monoisotopic (exact) mass is 512 g/mol. The molecule has 1 saturated heterocycles. The normalized spacial score (nSPS) is 17.1. The second-order valence-corrected chi connectivity index (χ2v) is 10.00. The van der Waals surface area contributed by atoms with E-state index in [9.17, 15) is 19.1 Å². The third kappa shape index (κ3) is 4.67. The van der Waals surface area contributed by atoms with Gasteiger partial charge in [-0.25, -0.2) is 4.39 Å². The summed E-state index contributed by atoms with van der Waals surface area (Å²) in [6, 6.07) is 19.5. The average molecular weight is 513 g/mol. The van der Waals surface area contributed by atoms with Crippen LogP contribution in [0.3, 0.4) is 0 Å². The summed E-state index contributed by atoms with van der Waals surface area (Å²) in [4.78, 5) is 31.7. The molecule has 6 nitrogen and oxygen atoms in total. The number of carbonyl (C=O) groups is 2. The van der Waals surface area contributed by atoms with E-state index in [1.54, 1.807) is 36.4 Å². The van der Waals surface area contributed by atoms with Crippen LogP contribution >= 0.6 is 0 Å². The number of aliphatic hydroxyl groups excluding tert-OH is 1. The van der Waals surface area contributed by atoms with Gasteiger partial charge in [-0.3, -0.25) is 9.59 Å². The van der Waals surface area contributed by atoms with Crippen molar-refractivity contribution in [1.82, 2.24) is 9.88 Å². The molecule has 1 atom stereocenters. The SMILES string of the molecule is Cc1[nH]c2ccccc2c1C1/C(=C(\O)c2cccc(OCC(C)C)c2)C(=O)C(=O)N1Cc1ccc(F)cc1. The van der Waals surface area contributed by atoms with Crippen LogP contribution in [-0.4, -0.2) is 33.3 Å². The molecule has 4 aromatic rings. The molecular formula is C31H29FN2O4. The number of ether oxygens (including phenoxy) is 1. The number of aromatic nitrogens is 1. The van der Waals surface area contributed by atoms with Crippen LogP contribution in [0.5, 0.6) is 5.75 Å². The summed E-state index contributed by atoms with van der Waals surface area (Å²) in [7, 11) is 0. The zero-order chi connectivity index (χ0) is 27.0. The van der Waals surface area contributed by atoms with E-state index in [0.29, 0.717) is 29.4 Å². The van der Waals surface area contributed by atoms with Gasteiger partial charge in [0.2, 0.25) is 0 Å². The van der Waals surface area contributed by atoms with Crippen molar-refractivity contribution in [1.29, 1.82) is 0 Å². The lowest BCUT2D eigenvalue weighted by Crippen LogP contribution is -2.29. The number of aryl methyl sites for hydroxylation is 1. The third-order valence-corrected chi connectivity index (χ3v) is 6.71. The fourth-order valence-corrected chi connectivity index (χ4v) is 4.93. The number of Topliss-reactive ketones (excluding diaryl/α,β-unsaturated/α-hetero) is 1. The maximum atomic E-state index is 13.6. The molecule has 1 unspecified atom stereocenters. The number of hydrogen-bond donors (Lipinski definition) is 2. The van der Waals surface area contributed by atoms with Gasteiger partial charge in [0.1, 0.15) is 17.3 Å². The quantitative estimate of drug-likeness (QED) is 0.174. The Morgan fingerprint density at radius 2 is 1.79 bits per heavy atom. The smallest absolute Gasteiger partial charge is 0.295 e. The number of likely N-dealkylation sites (tertiary alicyclic amines) is 1. The number of halogens is 1. The van der Waals surface area contributed by atoms with Crippen molar-refractivity contribution in [3.63, 3.8) is 0 Å². The van der Waals surface area contributed by atoms with Crippen molar-refractivity contribution in [3.05, 3.63) is 107 Å². The summed E-state index contributed by atoms with van der Waals surface area (Å²) in [6.07, 6.45) is 0. The Kier molecular flexibility index (Phi) is 6.76. The molecule has 0 spiro atoms. The lowest BCUT2D eigenvalue weighted by molar-refractivity contribution is -0.140. The number of carbonyl (C=O) groups excluding carboxylic acids is 2. The summed E-state index contributed by atoms with van der Waals surface area (Å²) >= 11 is 0. The molecule has 1 aromatic heterocycles. The molecule has 3 aromatic carbocycles. The second-order valence-electron chi connectivity index (χ2n) is 10.00. The van der Waals surface area contributed by atoms with Crippen LogP contribution < -0.4 is 4.74 Å². The fraction of sp³-hybridized carbons (Fsp3) is 0.226. The van der Waals surface area contributed by atoms with Crippen molar-refractivity contribution >= 4 is 28.4 Å². The average Bonchev–Trinajstić information content (AvgIpc) is 3.36. The van der Waals surface area contributed by atoms with E-state index in [2.05, 4.69) is 4.98 Å². The van der Waals surface area contributed by atoms with Crippen LogP contribution in [0, 0.1) is 18.7 Å². The lowest BCUT2D eigenvalue weighted by atomic mass is 9.93. The summed E-state index contributed by atoms with van der Waals surface area (Å²) in [5.41, 5.74) is 3.42. The lowest BCUT2D eigenvalue weighted by Gasteiger charge is -2.26. The van der Waals surface area contributed by atoms with Gasteiger partial charge >= 0.3 is 0 Å². The molecule has 1 amide bonds. The molecule has 1 fully saturated rings. The minimum absolute atomic E-state index is 0.00553. The van der Waals surface area contributed by atoms with Gasteiger partial charge in [-0.1, -0.05) is 56.3 Å². The number of rotatable bonds is 7. The Morgan fingerprint density at radius 3 is 2.53 bits per heavy atom. The standard InChI is InChI=1S/C31H29FN2O4/c1-18(2)17-38-23-8-6-7-21(15-23)29(35)27-28(26-19(3)33-25-10-5-4-9-24(25)26)34(31(37)30(27)36)16-20-11-13-22(32)14-12-20/h4-15,18,28,33,35H,16-17H2,1-3H3/b29-27+. The topological polar surface area (TPSA) is 82.6 Å². The van der Waals surface area contributed by atoms with E-state index in [1.807, 2.05) is 45.0 Å². The van der Waals surface area contributed by atoms with Crippen LogP contribution in [0.2, 0.25) is 0 Å². The maximum absolute atomic E-state index is 13.6. The number of hydrogen-bond acceptors (Lipinski definition) is 4. The number of fused-ring (bicyclic) bond motifs is 1. The highest BCUT2D eigenvalue weighted by Gasteiger charge is 2.47. The number of para-hydroxylation sites is 1. The number of nitrogens with zero attached hydrogens (tertiary/aromatic N) is 1. The van der Waals surface area contributed by atoms with Crippen LogP contribution in [0.25, 0.3) is 16.7 Å². The fourth-order valence-electron chi connectivity index (χ4n) is 4.93. The number of H-pyrrole nitrogens is 1. The molecule has 5 rings (SSSR count). The van der Waals surface area contributed by atoms with Crippen LogP contribution in [0.1, 0.15) is 42.3 Å². The van der Waals surface area contributed by atoms with Gasteiger partial charge in [-0.05, 0) is 48.7 Å². The van der Waals surface area contributed by atoms with E-state index < -0.39 is 17.7 Å². The zero-order valence-electron chi connectivity index (χ0n) is 21.5. The van der Waals surface area contributed by atoms with Crippen LogP contribution in [0.15, 0.2) is 78.4 Å². The van der Waals surface area contributed by atoms with Gasteiger partial charge < -0.3 is 19.7 Å². The molecule has 0 bridgehead atoms. The van der Waals surface area contributed by atoms with E-state index in [4.69, 9.17) is 4.74 Å². The van der Waals surface area contributed by atoms with Gasteiger partial charge in [-0.2, -0.15) is 0 Å². The largest absolute Gasteiger partial charge is 0.507 e. The Balaban J connectivity index is 1.67. The van der Waals surface area contributed by atoms with Crippen molar-refractivity contribution in [3.8, 4) is 5.75 Å². The number of aliphatic hydroxyl groups is 1. The van der Waals surface area contributed by atoms with E-state index in [1.165, 1.54) is 17.0 Å². The van der Waals surface area contributed by atoms with Gasteiger partial charge in [0.05, 0.1) is 18.2 Å². The molecular weight excluding hydrogens is 483 g/mol. The maximum Gasteiger partial charge on any atom is 0.295 e. The predicted octanol–water partition coefficient (Wildman–Crippen LogP) is 6.27. The van der Waals surface area contributed by atoms with E-state index in [-0.39, 0.29) is 23.7 Å². The summed E-state index contributed by atoms with van der Waals surface area (Å²) in [6.45, 7) is 6.53. The summed E-state index contributed by atoms with van der Waals surface area (Å²) in [5.74, 6) is -1.28. The predicted molar refractivity (Wildman–Crippen MR) is 144 cm³/mol. The van der Waals surface area contributed by atoms with Crippen LogP contribution in [-0.2, 0) is 16.1 Å². The number of benzene rings is 3. The minimum Gasteiger partial charge on any atom is -0.507 e. The molecule has 0 radical (unpaired) electrons. The number of nitrogens with one attached hydrogen (secondary N) is 1. The first-order valence-corrected chi connectivity index (χ1v) is 12.6. The Morgan fingerprint density at radius 1 is 1.05 bits per heavy atom. The van der Waals surface area contributed by atoms with Gasteiger partial charge in [0.15, 0.2) is 0 Å². The summed E-state index contributed by atoms with van der Waals surface area (Å²) in [5, 5.41) is 12.4. The van der Waals surface area contributed by atoms with E-state index >= 15 is 0 Å². The van der Waals surface area contributed by atoms with Gasteiger partial charge in [-0.15, -0.1) is 0 Å². The number of aromatic amines is 1. The molecule has 1 aliphatic heterocycles. The second kappa shape index (κ2) is 10.2. The highest BCUT2D eigenvalue weighted by Crippen LogP contribution is 2.44. The first-order chi connectivity index (χ1) is 18.2. The third-order valence-electron chi connectivity index (χ3n) is 6.71. The Bertz CT molecular complexity index is 1550. The molecule has 1 aliphatic rings. The first-order valence-electron chi connectivity index (χ1n) is 12.6. The van der Waals surface area contributed by atoms with Gasteiger partial charge in [0.25, 0.3) is 11.7 Å². The highest BCUT2D eigenvalue weighted by atomic mass is 19.1. The zero-order valence-corrected chi connectivity index (χ0v) is 21.5. The Labute approximate surface area is 220 Å². The first kappa shape index (κ1) is 25.3. The van der Waals surface area contributed by atoms with Crippen molar-refractivity contribution < 1.29 is 23.8 Å². The molecule has 0 aliphatic carbocycles. The molecule has 194 valence electrons. The Hall–Kier alpha value is -4.39. The van der Waals surface area contributed by atoms with Gasteiger partial charge in [0, 0.05) is 34.3 Å². The molecule has 38 heavy (non-hydrogen) atoms. The number of ketones is 1. The van der Waals surface area contributed by atoms with Crippen molar-refractivity contribution in [2.24, 2.45) is 5.92 Å².